The van der Waals surface area contributed by atoms with E-state index in [4.69, 9.17) is 5.73 Å². The molecule has 2 aromatic rings. The quantitative estimate of drug-likeness (QED) is 0.806. The number of aromatic nitrogens is 3. The molecule has 6 heteroatoms. The highest BCUT2D eigenvalue weighted by Crippen LogP contribution is 2.10. The summed E-state index contributed by atoms with van der Waals surface area (Å²) in [5.74, 6) is 0.194. The molecule has 3 N–H and O–H groups in total. The van der Waals surface area contributed by atoms with Gasteiger partial charge in [0.1, 0.15) is 11.5 Å². The van der Waals surface area contributed by atoms with E-state index in [9.17, 15) is 4.79 Å². The van der Waals surface area contributed by atoms with Gasteiger partial charge in [0.05, 0.1) is 17.6 Å². The fraction of sp³-hybridized carbons (Fsp3) is 0.182. The number of anilines is 2. The van der Waals surface area contributed by atoms with Crippen LogP contribution >= 0.6 is 0 Å². The van der Waals surface area contributed by atoms with Gasteiger partial charge in [-0.2, -0.15) is 5.10 Å². The normalized spacial score (nSPS) is 10.2. The number of nitrogens with one attached hydrogen (secondary N) is 1. The lowest BCUT2D eigenvalue weighted by Crippen LogP contribution is -2.16. The van der Waals surface area contributed by atoms with Crippen molar-refractivity contribution in [2.24, 2.45) is 7.05 Å². The Balaban J connectivity index is 2.17. The number of hydrogen-bond acceptors (Lipinski definition) is 4. The van der Waals surface area contributed by atoms with Gasteiger partial charge in [0.15, 0.2) is 0 Å². The van der Waals surface area contributed by atoms with Gasteiger partial charge in [-0.05, 0) is 25.1 Å². The topological polar surface area (TPSA) is 85.8 Å². The lowest BCUT2D eigenvalue weighted by Gasteiger charge is -2.04. The van der Waals surface area contributed by atoms with E-state index in [0.29, 0.717) is 17.2 Å². The number of amides is 1. The number of carbonyl (C=O) groups excluding carboxylic acids is 1. The van der Waals surface area contributed by atoms with Gasteiger partial charge in [0.2, 0.25) is 0 Å². The van der Waals surface area contributed by atoms with Gasteiger partial charge in [0.25, 0.3) is 5.91 Å². The molecule has 0 aliphatic rings. The fourth-order valence-corrected chi connectivity index (χ4v) is 1.50. The summed E-state index contributed by atoms with van der Waals surface area (Å²) in [5.41, 5.74) is 7.36. The summed E-state index contributed by atoms with van der Waals surface area (Å²) in [5, 5.41) is 6.83. The highest BCUT2D eigenvalue weighted by molar-refractivity contribution is 6.03. The zero-order valence-electron chi connectivity index (χ0n) is 9.64. The zero-order chi connectivity index (χ0) is 12.4. The number of hydrogen-bond donors (Lipinski definition) is 2. The van der Waals surface area contributed by atoms with Crippen molar-refractivity contribution >= 4 is 17.4 Å². The van der Waals surface area contributed by atoms with Crippen LogP contribution in [-0.4, -0.2) is 20.7 Å². The van der Waals surface area contributed by atoms with Crippen LogP contribution in [0, 0.1) is 6.92 Å². The summed E-state index contributed by atoms with van der Waals surface area (Å²) in [7, 11) is 1.73. The number of pyridine rings is 1. The van der Waals surface area contributed by atoms with Gasteiger partial charge in [-0.3, -0.25) is 9.48 Å². The third-order valence-electron chi connectivity index (χ3n) is 2.28. The first-order valence-corrected chi connectivity index (χ1v) is 5.10. The van der Waals surface area contributed by atoms with Crippen LogP contribution in [0.3, 0.4) is 0 Å². The second-order valence-electron chi connectivity index (χ2n) is 3.72. The lowest BCUT2D eigenvalue weighted by molar-refractivity contribution is 0.101. The monoisotopic (exact) mass is 231 g/mol. The SMILES string of the molecule is Cc1cc(C(=O)Nc2ccc(N)nc2)n(C)n1. The van der Waals surface area contributed by atoms with Crippen molar-refractivity contribution in [3.8, 4) is 0 Å². The largest absolute Gasteiger partial charge is 0.384 e. The maximum Gasteiger partial charge on any atom is 0.273 e. The smallest absolute Gasteiger partial charge is 0.273 e. The Kier molecular flexibility index (Phi) is 2.78. The molecule has 1 amide bonds. The maximum atomic E-state index is 11.9. The molecule has 0 unspecified atom stereocenters. The van der Waals surface area contributed by atoms with Crippen LogP contribution in [0.15, 0.2) is 24.4 Å². The van der Waals surface area contributed by atoms with E-state index in [1.54, 1.807) is 25.2 Å². The Morgan fingerprint density at radius 3 is 2.76 bits per heavy atom. The molecule has 0 bridgehead atoms. The molecule has 2 aromatic heterocycles. The number of rotatable bonds is 2. The molecule has 0 aliphatic carbocycles. The van der Waals surface area contributed by atoms with Crippen LogP contribution in [0.5, 0.6) is 0 Å². The molecular formula is C11H13N5O. The van der Waals surface area contributed by atoms with Crippen LogP contribution in [0.2, 0.25) is 0 Å². The zero-order valence-corrected chi connectivity index (χ0v) is 9.64. The Morgan fingerprint density at radius 2 is 2.24 bits per heavy atom. The standard InChI is InChI=1S/C11H13N5O/c1-7-5-9(16(2)15-7)11(17)14-8-3-4-10(12)13-6-8/h3-6H,1-2H3,(H2,12,13)(H,14,17). The molecule has 0 aliphatic heterocycles. The van der Waals surface area contributed by atoms with Crippen molar-refractivity contribution in [3.05, 3.63) is 35.8 Å². The minimum absolute atomic E-state index is 0.223. The van der Waals surface area contributed by atoms with Gasteiger partial charge < -0.3 is 11.1 Å². The summed E-state index contributed by atoms with van der Waals surface area (Å²) < 4.78 is 1.54. The van der Waals surface area contributed by atoms with Gasteiger partial charge >= 0.3 is 0 Å². The molecule has 0 saturated carbocycles. The van der Waals surface area contributed by atoms with E-state index in [-0.39, 0.29) is 5.91 Å². The van der Waals surface area contributed by atoms with E-state index in [1.165, 1.54) is 10.9 Å². The lowest BCUT2D eigenvalue weighted by atomic mass is 10.3. The third kappa shape index (κ3) is 2.41. The van der Waals surface area contributed by atoms with E-state index >= 15 is 0 Å². The fourth-order valence-electron chi connectivity index (χ4n) is 1.50. The Morgan fingerprint density at radius 1 is 1.47 bits per heavy atom. The van der Waals surface area contributed by atoms with E-state index in [0.717, 1.165) is 5.69 Å². The highest BCUT2D eigenvalue weighted by Gasteiger charge is 2.11. The van der Waals surface area contributed by atoms with Crippen molar-refractivity contribution in [2.75, 3.05) is 11.1 Å². The number of nitrogens with zero attached hydrogens (tertiary/aromatic N) is 3. The van der Waals surface area contributed by atoms with E-state index in [2.05, 4.69) is 15.4 Å². The van der Waals surface area contributed by atoms with Crippen molar-refractivity contribution in [2.45, 2.75) is 6.92 Å². The molecule has 0 aromatic carbocycles. The first-order chi connectivity index (χ1) is 8.06. The van der Waals surface area contributed by atoms with Crippen LogP contribution in [0.25, 0.3) is 0 Å². The van der Waals surface area contributed by atoms with Gasteiger partial charge in [-0.15, -0.1) is 0 Å². The Labute approximate surface area is 98.5 Å². The predicted octanol–water partition coefficient (Wildman–Crippen LogP) is 0.958. The van der Waals surface area contributed by atoms with Crippen molar-refractivity contribution < 1.29 is 4.79 Å². The van der Waals surface area contributed by atoms with Crippen molar-refractivity contribution in [1.29, 1.82) is 0 Å². The van der Waals surface area contributed by atoms with Gasteiger partial charge in [-0.25, -0.2) is 4.98 Å². The maximum absolute atomic E-state index is 11.9. The highest BCUT2D eigenvalue weighted by atomic mass is 16.2. The number of nitrogens with two attached hydrogens (primary N) is 1. The van der Waals surface area contributed by atoms with Crippen LogP contribution in [0.4, 0.5) is 11.5 Å². The molecule has 2 rings (SSSR count). The third-order valence-corrected chi connectivity index (χ3v) is 2.28. The molecule has 88 valence electrons. The van der Waals surface area contributed by atoms with Crippen molar-refractivity contribution in [1.82, 2.24) is 14.8 Å². The number of nitrogen functional groups attached to an aromatic ring is 1. The first kappa shape index (κ1) is 11.1. The summed E-state index contributed by atoms with van der Waals surface area (Å²) in [6.07, 6.45) is 1.51. The first-order valence-electron chi connectivity index (χ1n) is 5.10. The Hall–Kier alpha value is -2.37. The van der Waals surface area contributed by atoms with E-state index < -0.39 is 0 Å². The summed E-state index contributed by atoms with van der Waals surface area (Å²) in [4.78, 5) is 15.8. The molecule has 2 heterocycles. The average molecular weight is 231 g/mol. The summed E-state index contributed by atoms with van der Waals surface area (Å²) in [6.45, 7) is 1.83. The molecule has 0 atom stereocenters. The van der Waals surface area contributed by atoms with Crippen LogP contribution in [0.1, 0.15) is 16.2 Å². The van der Waals surface area contributed by atoms with Crippen LogP contribution in [-0.2, 0) is 7.05 Å². The van der Waals surface area contributed by atoms with E-state index in [1.807, 2.05) is 6.92 Å². The van der Waals surface area contributed by atoms with Crippen LogP contribution < -0.4 is 11.1 Å². The second-order valence-corrected chi connectivity index (χ2v) is 3.72. The second kappa shape index (κ2) is 4.25. The molecule has 0 fully saturated rings. The van der Waals surface area contributed by atoms with Crippen molar-refractivity contribution in [3.63, 3.8) is 0 Å². The summed E-state index contributed by atoms with van der Waals surface area (Å²) >= 11 is 0. The molecule has 0 saturated heterocycles. The molecular weight excluding hydrogens is 218 g/mol. The molecule has 6 nitrogen and oxygen atoms in total. The molecule has 0 spiro atoms. The average Bonchev–Trinajstić information content (AvgIpc) is 2.61. The summed E-state index contributed by atoms with van der Waals surface area (Å²) in [6, 6.07) is 5.05. The minimum atomic E-state index is -0.223. The molecule has 0 radical (unpaired) electrons. The minimum Gasteiger partial charge on any atom is -0.384 e. The van der Waals surface area contributed by atoms with Gasteiger partial charge in [0, 0.05) is 7.05 Å². The molecule has 17 heavy (non-hydrogen) atoms. The predicted molar refractivity (Wildman–Crippen MR) is 64.5 cm³/mol. The Bertz CT molecular complexity index is 543. The van der Waals surface area contributed by atoms with Gasteiger partial charge in [-0.1, -0.05) is 0 Å². The number of carbonyl (C=O) groups is 1. The number of aryl methyl sites for hydroxylation is 2.